The summed E-state index contributed by atoms with van der Waals surface area (Å²) in [6.45, 7) is 8.22. The van der Waals surface area contributed by atoms with Crippen molar-refractivity contribution < 1.29 is 14.3 Å². The van der Waals surface area contributed by atoms with Crippen LogP contribution in [0.4, 0.5) is 0 Å². The van der Waals surface area contributed by atoms with E-state index < -0.39 is 0 Å². The zero-order chi connectivity index (χ0) is 18.4. The molecule has 4 heteroatoms. The highest BCUT2D eigenvalue weighted by atomic mass is 16.5. The number of hydrogen-bond donors (Lipinski definition) is 1. The molecule has 0 aromatic heterocycles. The van der Waals surface area contributed by atoms with Gasteiger partial charge in [-0.05, 0) is 43.5 Å². The third-order valence-electron chi connectivity index (χ3n) is 4.15. The number of methoxy groups -OCH3 is 1. The second kappa shape index (κ2) is 8.56. The molecule has 0 spiro atoms. The van der Waals surface area contributed by atoms with E-state index in [1.165, 1.54) is 5.56 Å². The zero-order valence-electron chi connectivity index (χ0n) is 15.6. The second-order valence-corrected chi connectivity index (χ2v) is 6.55. The van der Waals surface area contributed by atoms with Gasteiger partial charge in [0.25, 0.3) is 5.91 Å². The fourth-order valence-electron chi connectivity index (χ4n) is 2.65. The van der Waals surface area contributed by atoms with Crippen molar-refractivity contribution >= 4 is 5.91 Å². The van der Waals surface area contributed by atoms with Gasteiger partial charge in [-0.15, -0.1) is 0 Å². The Hall–Kier alpha value is -2.49. The smallest absolute Gasteiger partial charge is 0.258 e. The first-order valence-corrected chi connectivity index (χ1v) is 8.57. The van der Waals surface area contributed by atoms with Crippen LogP contribution in [-0.2, 0) is 4.79 Å². The van der Waals surface area contributed by atoms with Crippen molar-refractivity contribution in [2.75, 3.05) is 13.7 Å². The van der Waals surface area contributed by atoms with E-state index in [9.17, 15) is 4.79 Å². The highest BCUT2D eigenvalue weighted by Gasteiger charge is 2.14. The maximum absolute atomic E-state index is 12.2. The molecule has 1 atom stereocenters. The van der Waals surface area contributed by atoms with Gasteiger partial charge in [-0.2, -0.15) is 0 Å². The van der Waals surface area contributed by atoms with Crippen molar-refractivity contribution in [1.29, 1.82) is 0 Å². The molecule has 4 nitrogen and oxygen atoms in total. The summed E-state index contributed by atoms with van der Waals surface area (Å²) in [7, 11) is 1.63. The molecule has 134 valence electrons. The highest BCUT2D eigenvalue weighted by molar-refractivity contribution is 5.78. The van der Waals surface area contributed by atoms with E-state index in [0.29, 0.717) is 11.7 Å². The number of benzene rings is 2. The standard InChI is InChI=1S/C21H27NO3/c1-14(2)17-7-9-18(10-8-17)25-13-21(23)22-16(4)19-12-15(3)6-11-20(19)24-5/h6-12,14,16H,13H2,1-5H3,(H,22,23)/t16-/m1/s1. The molecule has 0 heterocycles. The predicted molar refractivity (Wildman–Crippen MR) is 100 cm³/mol. The zero-order valence-corrected chi connectivity index (χ0v) is 15.6. The molecule has 0 fully saturated rings. The minimum absolute atomic E-state index is 0.0144. The van der Waals surface area contributed by atoms with Crippen molar-refractivity contribution in [2.24, 2.45) is 0 Å². The van der Waals surface area contributed by atoms with Crippen molar-refractivity contribution in [3.05, 3.63) is 59.2 Å². The summed E-state index contributed by atoms with van der Waals surface area (Å²) in [5.41, 5.74) is 3.33. The van der Waals surface area contributed by atoms with Gasteiger partial charge in [0.15, 0.2) is 6.61 Å². The van der Waals surface area contributed by atoms with E-state index in [1.807, 2.05) is 56.3 Å². The first-order chi connectivity index (χ1) is 11.9. The average molecular weight is 341 g/mol. The normalized spacial score (nSPS) is 11.9. The van der Waals surface area contributed by atoms with E-state index in [4.69, 9.17) is 9.47 Å². The van der Waals surface area contributed by atoms with Gasteiger partial charge in [0.2, 0.25) is 0 Å². The van der Waals surface area contributed by atoms with Crippen LogP contribution in [0.5, 0.6) is 11.5 Å². The van der Waals surface area contributed by atoms with Crippen LogP contribution >= 0.6 is 0 Å². The third-order valence-corrected chi connectivity index (χ3v) is 4.15. The predicted octanol–water partition coefficient (Wildman–Crippen LogP) is 4.38. The summed E-state index contributed by atoms with van der Waals surface area (Å²) in [5, 5.41) is 2.95. The first-order valence-electron chi connectivity index (χ1n) is 8.57. The number of hydrogen-bond acceptors (Lipinski definition) is 3. The molecule has 2 aromatic rings. The van der Waals surface area contributed by atoms with Crippen LogP contribution in [-0.4, -0.2) is 19.6 Å². The lowest BCUT2D eigenvalue weighted by molar-refractivity contribution is -0.123. The van der Waals surface area contributed by atoms with Crippen molar-refractivity contribution in [2.45, 2.75) is 39.7 Å². The van der Waals surface area contributed by atoms with Crippen LogP contribution < -0.4 is 14.8 Å². The van der Waals surface area contributed by atoms with Gasteiger partial charge in [0.05, 0.1) is 13.2 Å². The molecule has 1 amide bonds. The van der Waals surface area contributed by atoms with Crippen LogP contribution in [0.1, 0.15) is 49.4 Å². The van der Waals surface area contributed by atoms with Gasteiger partial charge < -0.3 is 14.8 Å². The number of carbonyl (C=O) groups excluding carboxylic acids is 1. The van der Waals surface area contributed by atoms with Crippen LogP contribution in [0.3, 0.4) is 0 Å². The van der Waals surface area contributed by atoms with Crippen LogP contribution in [0.2, 0.25) is 0 Å². The molecule has 2 aromatic carbocycles. The molecule has 0 bridgehead atoms. The number of ether oxygens (including phenoxy) is 2. The number of amides is 1. The van der Waals surface area contributed by atoms with Crippen molar-refractivity contribution in [3.8, 4) is 11.5 Å². The Morgan fingerprint density at radius 2 is 1.76 bits per heavy atom. The van der Waals surface area contributed by atoms with E-state index in [1.54, 1.807) is 7.11 Å². The molecule has 25 heavy (non-hydrogen) atoms. The molecule has 0 aliphatic carbocycles. The molecule has 2 rings (SSSR count). The minimum Gasteiger partial charge on any atom is -0.496 e. The molecule has 1 N–H and O–H groups in total. The van der Waals surface area contributed by atoms with Gasteiger partial charge in [0.1, 0.15) is 11.5 Å². The summed E-state index contributed by atoms with van der Waals surface area (Å²) >= 11 is 0. The van der Waals surface area contributed by atoms with Crippen LogP contribution in [0.25, 0.3) is 0 Å². The van der Waals surface area contributed by atoms with E-state index in [2.05, 4.69) is 19.2 Å². The summed E-state index contributed by atoms with van der Waals surface area (Å²) < 4.78 is 11.0. The maximum atomic E-state index is 12.2. The molecular weight excluding hydrogens is 314 g/mol. The lowest BCUT2D eigenvalue weighted by Gasteiger charge is -2.18. The number of aryl methyl sites for hydroxylation is 1. The molecule has 0 saturated heterocycles. The summed E-state index contributed by atoms with van der Waals surface area (Å²) in [5.74, 6) is 1.77. The Morgan fingerprint density at radius 3 is 2.36 bits per heavy atom. The van der Waals surface area contributed by atoms with Gasteiger partial charge >= 0.3 is 0 Å². The molecule has 0 aliphatic rings. The Balaban J connectivity index is 1.92. The Kier molecular flexibility index (Phi) is 6.45. The fourth-order valence-corrected chi connectivity index (χ4v) is 2.65. The van der Waals surface area contributed by atoms with Gasteiger partial charge in [-0.1, -0.05) is 43.7 Å². The topological polar surface area (TPSA) is 47.6 Å². The van der Waals surface area contributed by atoms with Gasteiger partial charge in [-0.25, -0.2) is 0 Å². The van der Waals surface area contributed by atoms with E-state index in [-0.39, 0.29) is 18.6 Å². The molecular formula is C21H27NO3. The van der Waals surface area contributed by atoms with Crippen LogP contribution in [0.15, 0.2) is 42.5 Å². The number of nitrogens with one attached hydrogen (secondary N) is 1. The summed E-state index contributed by atoms with van der Waals surface area (Å²) in [6.07, 6.45) is 0. The minimum atomic E-state index is -0.163. The lowest BCUT2D eigenvalue weighted by Crippen LogP contribution is -2.31. The Bertz CT molecular complexity index is 708. The highest BCUT2D eigenvalue weighted by Crippen LogP contribution is 2.26. The quantitative estimate of drug-likeness (QED) is 0.813. The van der Waals surface area contributed by atoms with Gasteiger partial charge in [0, 0.05) is 5.56 Å². The Labute approximate surface area is 150 Å². The van der Waals surface area contributed by atoms with Gasteiger partial charge in [-0.3, -0.25) is 4.79 Å². The molecule has 0 unspecified atom stereocenters. The number of carbonyl (C=O) groups is 1. The van der Waals surface area contributed by atoms with E-state index >= 15 is 0 Å². The lowest BCUT2D eigenvalue weighted by atomic mass is 10.0. The maximum Gasteiger partial charge on any atom is 0.258 e. The SMILES string of the molecule is COc1ccc(C)cc1[C@@H](C)NC(=O)COc1ccc(C(C)C)cc1. The second-order valence-electron chi connectivity index (χ2n) is 6.55. The van der Waals surface area contributed by atoms with E-state index in [0.717, 1.165) is 16.9 Å². The summed E-state index contributed by atoms with van der Waals surface area (Å²) in [6, 6.07) is 13.6. The Morgan fingerprint density at radius 1 is 1.08 bits per heavy atom. The molecule has 0 radical (unpaired) electrons. The first kappa shape index (κ1) is 18.8. The average Bonchev–Trinajstić information content (AvgIpc) is 2.60. The molecule has 0 aliphatic heterocycles. The largest absolute Gasteiger partial charge is 0.496 e. The van der Waals surface area contributed by atoms with Crippen LogP contribution in [0, 0.1) is 6.92 Å². The third kappa shape index (κ3) is 5.24. The van der Waals surface area contributed by atoms with Crippen molar-refractivity contribution in [3.63, 3.8) is 0 Å². The fraction of sp³-hybridized carbons (Fsp3) is 0.381. The summed E-state index contributed by atoms with van der Waals surface area (Å²) in [4.78, 5) is 12.2. The number of rotatable bonds is 7. The monoisotopic (exact) mass is 341 g/mol. The molecule has 0 saturated carbocycles. The van der Waals surface area contributed by atoms with Crippen molar-refractivity contribution in [1.82, 2.24) is 5.32 Å².